The largest absolute Gasteiger partial charge is 0.416 e. The van der Waals surface area contributed by atoms with Crippen LogP contribution < -0.4 is 5.32 Å². The summed E-state index contributed by atoms with van der Waals surface area (Å²) in [6.45, 7) is 4.30. The van der Waals surface area contributed by atoms with Crippen molar-refractivity contribution in [3.8, 4) is 0 Å². The summed E-state index contributed by atoms with van der Waals surface area (Å²) in [6, 6.07) is 4.39. The van der Waals surface area contributed by atoms with E-state index in [-0.39, 0.29) is 12.0 Å². The fourth-order valence-corrected chi connectivity index (χ4v) is 2.50. The Balaban J connectivity index is 1.88. The van der Waals surface area contributed by atoms with E-state index in [1.54, 1.807) is 19.9 Å². The molecule has 1 N–H and O–H groups in total. The van der Waals surface area contributed by atoms with Crippen LogP contribution in [-0.4, -0.2) is 31.3 Å². The highest BCUT2D eigenvalue weighted by atomic mass is 19.4. The fraction of sp³-hybridized carbons (Fsp3) is 0.588. The Labute approximate surface area is 139 Å². The van der Waals surface area contributed by atoms with E-state index in [1.807, 2.05) is 0 Å². The highest BCUT2D eigenvalue weighted by Gasteiger charge is 2.31. The summed E-state index contributed by atoms with van der Waals surface area (Å²) < 4.78 is 49.2. The molecule has 0 spiro atoms. The highest BCUT2D eigenvalue weighted by molar-refractivity contribution is 5.80. The van der Waals surface area contributed by atoms with Gasteiger partial charge in [0, 0.05) is 6.61 Å². The zero-order valence-electron chi connectivity index (χ0n) is 13.7. The number of amides is 1. The van der Waals surface area contributed by atoms with E-state index in [9.17, 15) is 18.0 Å². The van der Waals surface area contributed by atoms with Gasteiger partial charge in [-0.2, -0.15) is 13.2 Å². The van der Waals surface area contributed by atoms with Crippen molar-refractivity contribution < 1.29 is 27.4 Å². The molecule has 1 saturated heterocycles. The van der Waals surface area contributed by atoms with Gasteiger partial charge in [-0.1, -0.05) is 12.1 Å². The van der Waals surface area contributed by atoms with Crippen LogP contribution in [0.25, 0.3) is 0 Å². The van der Waals surface area contributed by atoms with Crippen LogP contribution in [-0.2, 0) is 20.4 Å². The second kappa shape index (κ2) is 7.98. The zero-order chi connectivity index (χ0) is 17.7. The fourth-order valence-electron chi connectivity index (χ4n) is 2.50. The third-order valence-corrected chi connectivity index (χ3v) is 4.00. The van der Waals surface area contributed by atoms with E-state index in [0.29, 0.717) is 18.8 Å². The molecular weight excluding hydrogens is 323 g/mol. The molecule has 24 heavy (non-hydrogen) atoms. The van der Waals surface area contributed by atoms with Crippen molar-refractivity contribution in [3.05, 3.63) is 35.4 Å². The number of rotatable bonds is 6. The molecule has 1 aliphatic rings. The maximum absolute atomic E-state index is 12.8. The van der Waals surface area contributed by atoms with Gasteiger partial charge in [0.25, 0.3) is 0 Å². The number of ether oxygens (including phenoxy) is 2. The molecule has 0 aromatic heterocycles. The van der Waals surface area contributed by atoms with Crippen molar-refractivity contribution in [2.24, 2.45) is 0 Å². The summed E-state index contributed by atoms with van der Waals surface area (Å²) >= 11 is 0. The molecule has 0 aliphatic carbocycles. The van der Waals surface area contributed by atoms with Crippen molar-refractivity contribution in [1.29, 1.82) is 0 Å². The van der Waals surface area contributed by atoms with Gasteiger partial charge in [-0.15, -0.1) is 0 Å². The normalized spacial score (nSPS) is 20.6. The summed E-state index contributed by atoms with van der Waals surface area (Å²) in [5, 5.41) is 2.68. The Morgan fingerprint density at radius 2 is 2.17 bits per heavy atom. The Morgan fingerprint density at radius 3 is 2.79 bits per heavy atom. The smallest absolute Gasteiger partial charge is 0.376 e. The van der Waals surface area contributed by atoms with Gasteiger partial charge in [0.1, 0.15) is 6.10 Å². The van der Waals surface area contributed by atoms with Crippen LogP contribution in [0.5, 0.6) is 0 Å². The molecule has 4 nitrogen and oxygen atoms in total. The third-order valence-electron chi connectivity index (χ3n) is 4.00. The highest BCUT2D eigenvalue weighted by Crippen LogP contribution is 2.30. The van der Waals surface area contributed by atoms with Crippen molar-refractivity contribution in [3.63, 3.8) is 0 Å². The summed E-state index contributed by atoms with van der Waals surface area (Å²) in [5.41, 5.74) is -0.340. The van der Waals surface area contributed by atoms with Gasteiger partial charge in [-0.25, -0.2) is 0 Å². The Hall–Kier alpha value is -1.60. The lowest BCUT2D eigenvalue weighted by molar-refractivity contribution is -0.137. The molecule has 1 aromatic rings. The number of alkyl halides is 3. The number of hydrogen-bond acceptors (Lipinski definition) is 3. The van der Waals surface area contributed by atoms with Crippen molar-refractivity contribution in [2.75, 3.05) is 13.2 Å². The molecule has 0 saturated carbocycles. The first kappa shape index (κ1) is 18.7. The molecule has 134 valence electrons. The summed E-state index contributed by atoms with van der Waals surface area (Å²) in [6.07, 6.45) is -3.18. The van der Waals surface area contributed by atoms with Crippen molar-refractivity contribution in [1.82, 2.24) is 5.32 Å². The van der Waals surface area contributed by atoms with Crippen LogP contribution in [0.15, 0.2) is 24.3 Å². The molecule has 3 atom stereocenters. The minimum Gasteiger partial charge on any atom is -0.376 e. The minimum atomic E-state index is -4.41. The molecule has 1 heterocycles. The van der Waals surface area contributed by atoms with Crippen LogP contribution in [0, 0.1) is 0 Å². The van der Waals surface area contributed by atoms with Crippen LogP contribution in [0.3, 0.4) is 0 Å². The molecule has 1 amide bonds. The first-order chi connectivity index (χ1) is 11.3. The maximum atomic E-state index is 12.8. The molecule has 0 unspecified atom stereocenters. The number of nitrogens with one attached hydrogen (secondary N) is 1. The van der Waals surface area contributed by atoms with Gasteiger partial charge in [-0.05, 0) is 44.4 Å². The molecule has 0 radical (unpaired) electrons. The third kappa shape index (κ3) is 5.21. The van der Waals surface area contributed by atoms with Gasteiger partial charge < -0.3 is 14.8 Å². The van der Waals surface area contributed by atoms with Gasteiger partial charge in [0.05, 0.1) is 24.3 Å². The van der Waals surface area contributed by atoms with Crippen molar-refractivity contribution in [2.45, 2.75) is 51.1 Å². The van der Waals surface area contributed by atoms with Gasteiger partial charge in [0.15, 0.2) is 0 Å². The average molecular weight is 345 g/mol. The maximum Gasteiger partial charge on any atom is 0.416 e. The Kier molecular flexibility index (Phi) is 6.23. The molecule has 1 aromatic carbocycles. The summed E-state index contributed by atoms with van der Waals surface area (Å²) in [5.74, 6) is -0.363. The number of carbonyl (C=O) groups is 1. The van der Waals surface area contributed by atoms with E-state index in [0.717, 1.165) is 25.0 Å². The van der Waals surface area contributed by atoms with E-state index < -0.39 is 23.9 Å². The molecule has 7 heteroatoms. The van der Waals surface area contributed by atoms with Crippen molar-refractivity contribution >= 4 is 5.91 Å². The lowest BCUT2D eigenvalue weighted by Crippen LogP contribution is -2.37. The lowest BCUT2D eigenvalue weighted by Gasteiger charge is -2.20. The molecular formula is C17H22F3NO3. The van der Waals surface area contributed by atoms with Gasteiger partial charge >= 0.3 is 6.18 Å². The Bertz CT molecular complexity index is 556. The van der Waals surface area contributed by atoms with Gasteiger partial charge in [-0.3, -0.25) is 4.79 Å². The van der Waals surface area contributed by atoms with Crippen LogP contribution >= 0.6 is 0 Å². The second-order valence-electron chi connectivity index (χ2n) is 5.96. The molecule has 1 aliphatic heterocycles. The Morgan fingerprint density at radius 1 is 1.42 bits per heavy atom. The van der Waals surface area contributed by atoms with E-state index in [2.05, 4.69) is 5.32 Å². The second-order valence-corrected chi connectivity index (χ2v) is 5.96. The molecule has 2 rings (SSSR count). The number of hydrogen-bond donors (Lipinski definition) is 1. The predicted octanol–water partition coefficient (Wildman–Crippen LogP) is 3.47. The van der Waals surface area contributed by atoms with E-state index >= 15 is 0 Å². The lowest BCUT2D eigenvalue weighted by atomic mass is 10.0. The van der Waals surface area contributed by atoms with E-state index in [4.69, 9.17) is 9.47 Å². The molecule has 1 fully saturated rings. The van der Waals surface area contributed by atoms with E-state index in [1.165, 1.54) is 6.07 Å². The number of halogens is 3. The number of benzene rings is 1. The first-order valence-corrected chi connectivity index (χ1v) is 7.98. The van der Waals surface area contributed by atoms with Crippen LogP contribution in [0.4, 0.5) is 13.2 Å². The summed E-state index contributed by atoms with van der Waals surface area (Å²) in [4.78, 5) is 12.1. The first-order valence-electron chi connectivity index (χ1n) is 7.98. The SMILES string of the molecule is C[C@H](OC[C@@H]1CCCO1)C(=O)N[C@@H](C)c1cccc(C(F)(F)F)c1. The quantitative estimate of drug-likeness (QED) is 0.859. The topological polar surface area (TPSA) is 47.6 Å². The monoisotopic (exact) mass is 345 g/mol. The number of carbonyl (C=O) groups excluding carboxylic acids is 1. The molecule has 0 bridgehead atoms. The minimum absolute atomic E-state index is 0.0149. The summed E-state index contributed by atoms with van der Waals surface area (Å²) in [7, 11) is 0. The van der Waals surface area contributed by atoms with Gasteiger partial charge in [0.2, 0.25) is 5.91 Å². The standard InChI is InChI=1S/C17H22F3NO3/c1-11(13-5-3-6-14(9-13)17(18,19)20)21-16(22)12(2)24-10-15-7-4-8-23-15/h3,5-6,9,11-12,15H,4,7-8,10H2,1-2H3,(H,21,22)/t11-,12-,15-/m0/s1. The van der Waals surface area contributed by atoms with Crippen LogP contribution in [0.1, 0.15) is 43.9 Å². The zero-order valence-corrected chi connectivity index (χ0v) is 13.7. The van der Waals surface area contributed by atoms with Crippen LogP contribution in [0.2, 0.25) is 0 Å². The predicted molar refractivity (Wildman–Crippen MR) is 82.4 cm³/mol. The average Bonchev–Trinajstić information content (AvgIpc) is 3.05.